The van der Waals surface area contributed by atoms with Gasteiger partial charge < -0.3 is 5.32 Å². The first-order chi connectivity index (χ1) is 10.3. The molecule has 0 saturated carbocycles. The van der Waals surface area contributed by atoms with Gasteiger partial charge in [-0.3, -0.25) is 19.6 Å². The topological polar surface area (TPSA) is 96.3 Å². The minimum Gasteiger partial charge on any atom is -0.342 e. The fraction of sp³-hybridized carbons (Fsp3) is 0.0714. The zero-order valence-electron chi connectivity index (χ0n) is 11.1. The number of carbonyl (C=O) groups is 2. The van der Waals surface area contributed by atoms with Crippen molar-refractivity contribution in [1.82, 2.24) is 20.7 Å². The van der Waals surface area contributed by atoms with Crippen molar-refractivity contribution in [2.45, 2.75) is 6.54 Å². The zero-order valence-corrected chi connectivity index (χ0v) is 11.1. The Morgan fingerprint density at radius 2 is 1.90 bits per heavy atom. The lowest BCUT2D eigenvalue weighted by molar-refractivity contribution is -0.139. The Balaban J connectivity index is 1.78. The molecule has 0 aliphatic carbocycles. The molecule has 2 amide bonds. The van der Waals surface area contributed by atoms with Crippen molar-refractivity contribution < 1.29 is 9.59 Å². The molecule has 0 aliphatic heterocycles. The number of rotatable bonds is 4. The molecule has 21 heavy (non-hydrogen) atoms. The first-order valence-electron chi connectivity index (χ1n) is 6.17. The minimum atomic E-state index is -0.837. The summed E-state index contributed by atoms with van der Waals surface area (Å²) in [6.45, 7) is 0.182. The molecule has 2 heterocycles. The maximum Gasteiger partial charge on any atom is 0.329 e. The standard InChI is InChI=1S/C14H13N5O2/c20-13(17-10-12-3-1-2-6-16-12)14(21)19-18-9-11-4-7-15-8-5-11/h1-9H,10H2,(H,17,20)(H,19,21)/b18-9+. The molecule has 106 valence electrons. The number of aromatic nitrogens is 2. The molecule has 2 rings (SSSR count). The number of amides is 2. The number of pyridine rings is 2. The van der Waals surface area contributed by atoms with E-state index in [1.807, 2.05) is 0 Å². The van der Waals surface area contributed by atoms with Gasteiger partial charge in [0.15, 0.2) is 0 Å². The normalized spacial score (nSPS) is 10.3. The Morgan fingerprint density at radius 1 is 1.10 bits per heavy atom. The first kappa shape index (κ1) is 14.3. The summed E-state index contributed by atoms with van der Waals surface area (Å²) in [5, 5.41) is 6.14. The molecule has 0 bridgehead atoms. The second-order valence-corrected chi connectivity index (χ2v) is 3.98. The van der Waals surface area contributed by atoms with Gasteiger partial charge in [-0.25, -0.2) is 5.43 Å². The molecule has 0 radical (unpaired) electrons. The molecule has 0 unspecified atom stereocenters. The van der Waals surface area contributed by atoms with Gasteiger partial charge in [0.1, 0.15) is 0 Å². The predicted octanol–water partition coefficient (Wildman–Crippen LogP) is 0.243. The predicted molar refractivity (Wildman–Crippen MR) is 76.1 cm³/mol. The average Bonchev–Trinajstić information content (AvgIpc) is 2.54. The van der Waals surface area contributed by atoms with Crippen LogP contribution in [0.25, 0.3) is 0 Å². The van der Waals surface area contributed by atoms with Gasteiger partial charge in [-0.1, -0.05) is 6.07 Å². The molecule has 0 fully saturated rings. The Hall–Kier alpha value is -3.09. The van der Waals surface area contributed by atoms with E-state index in [0.717, 1.165) is 5.56 Å². The van der Waals surface area contributed by atoms with Crippen molar-refractivity contribution in [3.8, 4) is 0 Å². The maximum absolute atomic E-state index is 11.5. The van der Waals surface area contributed by atoms with Gasteiger partial charge in [0.05, 0.1) is 18.5 Å². The molecule has 7 nitrogen and oxygen atoms in total. The highest BCUT2D eigenvalue weighted by Gasteiger charge is 2.11. The summed E-state index contributed by atoms with van der Waals surface area (Å²) in [7, 11) is 0. The van der Waals surface area contributed by atoms with Gasteiger partial charge in [-0.15, -0.1) is 0 Å². The van der Waals surface area contributed by atoms with Crippen molar-refractivity contribution in [1.29, 1.82) is 0 Å². The smallest absolute Gasteiger partial charge is 0.329 e. The summed E-state index contributed by atoms with van der Waals surface area (Å²) in [6.07, 6.45) is 6.23. The number of nitrogens with one attached hydrogen (secondary N) is 2. The number of hydrazone groups is 1. The maximum atomic E-state index is 11.5. The Labute approximate surface area is 121 Å². The number of hydrogen-bond acceptors (Lipinski definition) is 5. The van der Waals surface area contributed by atoms with Crippen LogP contribution >= 0.6 is 0 Å². The van der Waals surface area contributed by atoms with Gasteiger partial charge in [0.25, 0.3) is 0 Å². The average molecular weight is 283 g/mol. The van der Waals surface area contributed by atoms with Crippen LogP contribution in [0, 0.1) is 0 Å². The van der Waals surface area contributed by atoms with E-state index >= 15 is 0 Å². The van der Waals surface area contributed by atoms with Gasteiger partial charge in [-0.05, 0) is 29.8 Å². The Kier molecular flexibility index (Phi) is 5.11. The molecule has 2 N–H and O–H groups in total. The summed E-state index contributed by atoms with van der Waals surface area (Å²) in [6, 6.07) is 8.76. The van der Waals surface area contributed by atoms with E-state index in [-0.39, 0.29) is 6.54 Å². The van der Waals surface area contributed by atoms with E-state index < -0.39 is 11.8 Å². The first-order valence-corrected chi connectivity index (χ1v) is 6.17. The molecule has 7 heteroatoms. The molecular weight excluding hydrogens is 270 g/mol. The van der Waals surface area contributed by atoms with E-state index in [1.54, 1.807) is 48.9 Å². The van der Waals surface area contributed by atoms with Crippen LogP contribution in [-0.2, 0) is 16.1 Å². The third kappa shape index (κ3) is 4.83. The summed E-state index contributed by atoms with van der Waals surface area (Å²) in [4.78, 5) is 30.9. The highest BCUT2D eigenvalue weighted by atomic mass is 16.2. The highest BCUT2D eigenvalue weighted by Crippen LogP contribution is 1.92. The lowest BCUT2D eigenvalue weighted by atomic mass is 10.3. The molecule has 0 spiro atoms. The van der Waals surface area contributed by atoms with Crippen LogP contribution in [0.4, 0.5) is 0 Å². The lowest BCUT2D eigenvalue weighted by Gasteiger charge is -2.03. The van der Waals surface area contributed by atoms with Gasteiger partial charge in [-0.2, -0.15) is 5.10 Å². The van der Waals surface area contributed by atoms with Gasteiger partial charge in [0.2, 0.25) is 0 Å². The molecule has 0 aliphatic rings. The third-order valence-electron chi connectivity index (χ3n) is 2.45. The lowest BCUT2D eigenvalue weighted by Crippen LogP contribution is -2.37. The van der Waals surface area contributed by atoms with E-state index in [1.165, 1.54) is 6.21 Å². The van der Waals surface area contributed by atoms with Crippen LogP contribution in [-0.4, -0.2) is 28.0 Å². The van der Waals surface area contributed by atoms with Crippen LogP contribution in [0.2, 0.25) is 0 Å². The van der Waals surface area contributed by atoms with Crippen LogP contribution in [0.3, 0.4) is 0 Å². The second-order valence-electron chi connectivity index (χ2n) is 3.98. The van der Waals surface area contributed by atoms with Crippen molar-refractivity contribution in [2.24, 2.45) is 5.10 Å². The van der Waals surface area contributed by atoms with E-state index in [4.69, 9.17) is 0 Å². The molecule has 0 saturated heterocycles. The monoisotopic (exact) mass is 283 g/mol. The quantitative estimate of drug-likeness (QED) is 0.477. The largest absolute Gasteiger partial charge is 0.342 e. The Bertz CT molecular complexity index is 628. The van der Waals surface area contributed by atoms with Crippen LogP contribution in [0.15, 0.2) is 54.0 Å². The third-order valence-corrected chi connectivity index (χ3v) is 2.45. The fourth-order valence-electron chi connectivity index (χ4n) is 1.42. The number of carbonyl (C=O) groups excluding carboxylic acids is 2. The number of hydrogen-bond donors (Lipinski definition) is 2. The van der Waals surface area contributed by atoms with Gasteiger partial charge in [0, 0.05) is 18.6 Å². The van der Waals surface area contributed by atoms with Crippen LogP contribution < -0.4 is 10.7 Å². The van der Waals surface area contributed by atoms with Crippen LogP contribution in [0.5, 0.6) is 0 Å². The van der Waals surface area contributed by atoms with E-state index in [2.05, 4.69) is 25.8 Å². The molecule has 2 aromatic heterocycles. The fourth-order valence-corrected chi connectivity index (χ4v) is 1.42. The number of nitrogens with zero attached hydrogens (tertiary/aromatic N) is 3. The van der Waals surface area contributed by atoms with Crippen molar-refractivity contribution in [3.05, 3.63) is 60.2 Å². The van der Waals surface area contributed by atoms with Crippen molar-refractivity contribution in [2.75, 3.05) is 0 Å². The summed E-state index contributed by atoms with van der Waals surface area (Å²) >= 11 is 0. The van der Waals surface area contributed by atoms with E-state index in [0.29, 0.717) is 5.69 Å². The molecular formula is C14H13N5O2. The summed E-state index contributed by atoms with van der Waals surface area (Å²) < 4.78 is 0. The minimum absolute atomic E-state index is 0.182. The molecule has 0 aromatic carbocycles. The zero-order chi connectivity index (χ0) is 14.9. The highest BCUT2D eigenvalue weighted by molar-refractivity contribution is 6.35. The van der Waals surface area contributed by atoms with E-state index in [9.17, 15) is 9.59 Å². The summed E-state index contributed by atoms with van der Waals surface area (Å²) in [5.41, 5.74) is 3.57. The SMILES string of the molecule is O=C(NCc1ccccn1)C(=O)N/N=C/c1ccncc1. The Morgan fingerprint density at radius 3 is 2.62 bits per heavy atom. The van der Waals surface area contributed by atoms with Gasteiger partial charge >= 0.3 is 11.8 Å². The second kappa shape index (κ2) is 7.49. The van der Waals surface area contributed by atoms with Crippen molar-refractivity contribution in [3.63, 3.8) is 0 Å². The molecule has 0 atom stereocenters. The van der Waals surface area contributed by atoms with Crippen molar-refractivity contribution >= 4 is 18.0 Å². The summed E-state index contributed by atoms with van der Waals surface area (Å²) in [5.74, 6) is -1.61. The van der Waals surface area contributed by atoms with Crippen LogP contribution in [0.1, 0.15) is 11.3 Å². The molecule has 2 aromatic rings.